The number of halogens is 1. The summed E-state index contributed by atoms with van der Waals surface area (Å²) in [7, 11) is 3.15. The standard InChI is InChI=1S/C19H18ClNO4S/c1-24-15-8-5-13(16(10-15)25-2)9-17-18(22)21(19(23)26-17)11-12-3-6-14(20)7-4-12/h3-8,10,17H,9,11H2,1-2H3/t17-/m0/s1. The van der Waals surface area contributed by atoms with Crippen molar-refractivity contribution in [2.45, 2.75) is 18.2 Å². The average Bonchev–Trinajstić information content (AvgIpc) is 2.91. The summed E-state index contributed by atoms with van der Waals surface area (Å²) in [5, 5.41) is -0.0776. The van der Waals surface area contributed by atoms with Crippen LogP contribution >= 0.6 is 23.4 Å². The Morgan fingerprint density at radius 1 is 1.08 bits per heavy atom. The van der Waals surface area contributed by atoms with Gasteiger partial charge in [0.25, 0.3) is 5.24 Å². The Labute approximate surface area is 161 Å². The van der Waals surface area contributed by atoms with E-state index in [-0.39, 0.29) is 17.7 Å². The summed E-state index contributed by atoms with van der Waals surface area (Å²) in [6.07, 6.45) is 0.416. The van der Waals surface area contributed by atoms with Gasteiger partial charge in [0.2, 0.25) is 5.91 Å². The Kier molecular flexibility index (Phi) is 5.74. The number of rotatable bonds is 6. The zero-order valence-electron chi connectivity index (χ0n) is 14.4. The molecular formula is C19H18ClNO4S. The molecule has 2 aromatic rings. The molecule has 2 amide bonds. The fourth-order valence-corrected chi connectivity index (χ4v) is 3.91. The Morgan fingerprint density at radius 3 is 2.46 bits per heavy atom. The summed E-state index contributed by atoms with van der Waals surface area (Å²) in [4.78, 5) is 26.3. The lowest BCUT2D eigenvalue weighted by Crippen LogP contribution is -2.31. The molecule has 2 aromatic carbocycles. The average molecular weight is 392 g/mol. The van der Waals surface area contributed by atoms with Gasteiger partial charge in [0.1, 0.15) is 11.5 Å². The van der Waals surface area contributed by atoms with Crippen molar-refractivity contribution in [1.82, 2.24) is 4.90 Å². The van der Waals surface area contributed by atoms with E-state index in [0.717, 1.165) is 22.9 Å². The van der Waals surface area contributed by atoms with Crippen molar-refractivity contribution in [3.63, 3.8) is 0 Å². The maximum atomic E-state index is 12.7. The number of benzene rings is 2. The topological polar surface area (TPSA) is 55.8 Å². The minimum atomic E-state index is -0.461. The van der Waals surface area contributed by atoms with Crippen LogP contribution in [0.2, 0.25) is 5.02 Å². The van der Waals surface area contributed by atoms with Crippen LogP contribution in [0.3, 0.4) is 0 Å². The number of carbonyl (C=O) groups is 2. The second-order valence-corrected chi connectivity index (χ2v) is 7.40. The molecule has 0 N–H and O–H groups in total. The van der Waals surface area contributed by atoms with E-state index in [9.17, 15) is 9.59 Å². The van der Waals surface area contributed by atoms with Gasteiger partial charge in [0.05, 0.1) is 26.0 Å². The molecular weight excluding hydrogens is 374 g/mol. The van der Waals surface area contributed by atoms with Crippen LogP contribution in [0.5, 0.6) is 11.5 Å². The number of hydrogen-bond donors (Lipinski definition) is 0. The van der Waals surface area contributed by atoms with Crippen molar-refractivity contribution in [2.75, 3.05) is 14.2 Å². The molecule has 0 aliphatic carbocycles. The van der Waals surface area contributed by atoms with Gasteiger partial charge in [-0.05, 0) is 35.7 Å². The van der Waals surface area contributed by atoms with Crippen LogP contribution in [-0.4, -0.2) is 35.5 Å². The molecule has 1 fully saturated rings. The molecule has 3 rings (SSSR count). The quantitative estimate of drug-likeness (QED) is 0.739. The smallest absolute Gasteiger partial charge is 0.289 e. The molecule has 0 bridgehead atoms. The van der Waals surface area contributed by atoms with Gasteiger partial charge in [-0.1, -0.05) is 41.6 Å². The van der Waals surface area contributed by atoms with Crippen molar-refractivity contribution in [1.29, 1.82) is 0 Å². The first-order valence-electron chi connectivity index (χ1n) is 7.99. The van der Waals surface area contributed by atoms with Gasteiger partial charge in [-0.3, -0.25) is 14.5 Å². The lowest BCUT2D eigenvalue weighted by molar-refractivity contribution is -0.127. The van der Waals surface area contributed by atoms with E-state index in [1.807, 2.05) is 24.3 Å². The Balaban J connectivity index is 1.73. The van der Waals surface area contributed by atoms with E-state index in [4.69, 9.17) is 21.1 Å². The van der Waals surface area contributed by atoms with Crippen LogP contribution in [-0.2, 0) is 17.8 Å². The Morgan fingerprint density at radius 2 is 1.81 bits per heavy atom. The number of imide groups is 1. The molecule has 0 unspecified atom stereocenters. The molecule has 1 saturated heterocycles. The van der Waals surface area contributed by atoms with Gasteiger partial charge >= 0.3 is 0 Å². The maximum absolute atomic E-state index is 12.7. The van der Waals surface area contributed by atoms with Crippen LogP contribution in [0, 0.1) is 0 Å². The fraction of sp³-hybridized carbons (Fsp3) is 0.263. The van der Waals surface area contributed by atoms with Gasteiger partial charge < -0.3 is 9.47 Å². The van der Waals surface area contributed by atoms with E-state index in [0.29, 0.717) is 22.9 Å². The van der Waals surface area contributed by atoms with Gasteiger partial charge in [0.15, 0.2) is 0 Å². The lowest BCUT2D eigenvalue weighted by atomic mass is 10.1. The van der Waals surface area contributed by atoms with Crippen molar-refractivity contribution >= 4 is 34.5 Å². The highest BCUT2D eigenvalue weighted by Gasteiger charge is 2.39. The van der Waals surface area contributed by atoms with E-state index in [1.54, 1.807) is 32.4 Å². The largest absolute Gasteiger partial charge is 0.497 e. The predicted molar refractivity (Wildman–Crippen MR) is 102 cm³/mol. The molecule has 26 heavy (non-hydrogen) atoms. The molecule has 0 radical (unpaired) electrons. The molecule has 1 aliphatic heterocycles. The molecule has 1 aliphatic rings. The molecule has 5 nitrogen and oxygen atoms in total. The molecule has 0 spiro atoms. The first kappa shape index (κ1) is 18.6. The summed E-state index contributed by atoms with van der Waals surface area (Å²) in [5.41, 5.74) is 1.72. The van der Waals surface area contributed by atoms with E-state index in [2.05, 4.69) is 0 Å². The SMILES string of the molecule is COc1ccc(C[C@@H]2SC(=O)N(Cc3ccc(Cl)cc3)C2=O)c(OC)c1. The monoisotopic (exact) mass is 391 g/mol. The predicted octanol–water partition coefficient (Wildman–Crippen LogP) is 4.16. The van der Waals surface area contributed by atoms with E-state index >= 15 is 0 Å². The minimum absolute atomic E-state index is 0.187. The second-order valence-electron chi connectivity index (χ2n) is 5.81. The number of hydrogen-bond acceptors (Lipinski definition) is 5. The van der Waals surface area contributed by atoms with Crippen LogP contribution in [0.15, 0.2) is 42.5 Å². The third-order valence-corrected chi connectivity index (χ3v) is 5.49. The Bertz CT molecular complexity index is 825. The molecule has 1 atom stereocenters. The Hall–Kier alpha value is -2.18. The molecule has 136 valence electrons. The van der Waals surface area contributed by atoms with Gasteiger partial charge in [-0.25, -0.2) is 0 Å². The summed E-state index contributed by atoms with van der Waals surface area (Å²) in [5.74, 6) is 1.13. The number of nitrogens with zero attached hydrogens (tertiary/aromatic N) is 1. The summed E-state index contributed by atoms with van der Waals surface area (Å²) in [6.45, 7) is 0.248. The second kappa shape index (κ2) is 8.01. The van der Waals surface area contributed by atoms with Crippen LogP contribution in [0.4, 0.5) is 4.79 Å². The summed E-state index contributed by atoms with van der Waals surface area (Å²) < 4.78 is 10.6. The number of thioether (sulfide) groups is 1. The van der Waals surface area contributed by atoms with E-state index in [1.165, 1.54) is 4.90 Å². The molecule has 0 saturated carbocycles. The number of carbonyl (C=O) groups excluding carboxylic acids is 2. The van der Waals surface area contributed by atoms with Crippen LogP contribution in [0.25, 0.3) is 0 Å². The minimum Gasteiger partial charge on any atom is -0.497 e. The van der Waals surface area contributed by atoms with E-state index < -0.39 is 5.25 Å². The third kappa shape index (κ3) is 3.97. The molecule has 7 heteroatoms. The fourth-order valence-electron chi connectivity index (χ4n) is 2.76. The van der Waals surface area contributed by atoms with Gasteiger partial charge in [-0.15, -0.1) is 0 Å². The van der Waals surface area contributed by atoms with Crippen molar-refractivity contribution in [3.05, 3.63) is 58.6 Å². The lowest BCUT2D eigenvalue weighted by Gasteiger charge is -2.15. The van der Waals surface area contributed by atoms with Gasteiger partial charge in [-0.2, -0.15) is 0 Å². The highest BCUT2D eigenvalue weighted by Crippen LogP contribution is 2.34. The molecule has 0 aromatic heterocycles. The van der Waals surface area contributed by atoms with Crippen LogP contribution in [0.1, 0.15) is 11.1 Å². The summed E-state index contributed by atoms with van der Waals surface area (Å²) >= 11 is 6.93. The third-order valence-electron chi connectivity index (χ3n) is 4.16. The van der Waals surface area contributed by atoms with Crippen LogP contribution < -0.4 is 9.47 Å². The zero-order valence-corrected chi connectivity index (χ0v) is 16.0. The highest BCUT2D eigenvalue weighted by molar-refractivity contribution is 8.15. The zero-order chi connectivity index (χ0) is 18.7. The first-order chi connectivity index (χ1) is 12.5. The van der Waals surface area contributed by atoms with Gasteiger partial charge in [0, 0.05) is 11.1 Å². The number of amides is 2. The summed E-state index contributed by atoms with van der Waals surface area (Å²) in [6, 6.07) is 12.6. The first-order valence-corrected chi connectivity index (χ1v) is 9.25. The highest BCUT2D eigenvalue weighted by atomic mass is 35.5. The number of methoxy groups -OCH3 is 2. The van der Waals surface area contributed by atoms with Crippen molar-refractivity contribution in [2.24, 2.45) is 0 Å². The molecule has 1 heterocycles. The normalized spacial score (nSPS) is 16.9. The van der Waals surface area contributed by atoms with Crippen molar-refractivity contribution in [3.8, 4) is 11.5 Å². The maximum Gasteiger partial charge on any atom is 0.289 e. The number of ether oxygens (including phenoxy) is 2. The van der Waals surface area contributed by atoms with Crippen molar-refractivity contribution < 1.29 is 19.1 Å².